The van der Waals surface area contributed by atoms with Gasteiger partial charge < -0.3 is 25.0 Å². The van der Waals surface area contributed by atoms with Crippen molar-refractivity contribution in [1.29, 1.82) is 0 Å². The number of likely N-dealkylation sites (tertiary alicyclic amines) is 1. The number of ether oxygens (including phenoxy) is 2. The minimum Gasteiger partial charge on any atom is -0.496 e. The molecule has 1 aromatic rings. The molecule has 27 heavy (non-hydrogen) atoms. The van der Waals surface area contributed by atoms with Crippen molar-refractivity contribution in [3.05, 3.63) is 23.3 Å². The van der Waals surface area contributed by atoms with Crippen molar-refractivity contribution in [3.63, 3.8) is 0 Å². The molecular formula is C20H30N4O3. The summed E-state index contributed by atoms with van der Waals surface area (Å²) < 4.78 is 11.4. The van der Waals surface area contributed by atoms with Crippen LogP contribution in [-0.4, -0.2) is 56.2 Å². The molecule has 7 heteroatoms. The Balaban J connectivity index is 1.71. The molecule has 2 heterocycles. The number of benzene rings is 1. The minimum absolute atomic E-state index is 0.201. The summed E-state index contributed by atoms with van der Waals surface area (Å²) in [5, 5.41) is 6.73. The molecular weight excluding hydrogens is 344 g/mol. The van der Waals surface area contributed by atoms with Crippen LogP contribution in [0.4, 0.5) is 0 Å². The van der Waals surface area contributed by atoms with Crippen LogP contribution in [-0.2, 0) is 17.8 Å². The van der Waals surface area contributed by atoms with E-state index in [-0.39, 0.29) is 18.1 Å². The third-order valence-corrected chi connectivity index (χ3v) is 5.02. The summed E-state index contributed by atoms with van der Waals surface area (Å²) in [7, 11) is 3.53. The molecule has 2 aliphatic heterocycles. The highest BCUT2D eigenvalue weighted by Crippen LogP contribution is 2.35. The van der Waals surface area contributed by atoms with Crippen LogP contribution in [0.2, 0.25) is 0 Å². The topological polar surface area (TPSA) is 75.2 Å². The number of carbonyl (C=O) groups excluding carboxylic acids is 1. The van der Waals surface area contributed by atoms with Gasteiger partial charge in [0.25, 0.3) is 0 Å². The molecule has 1 fully saturated rings. The molecule has 0 radical (unpaired) electrons. The Morgan fingerprint density at radius 2 is 2.26 bits per heavy atom. The number of hydrogen-bond donors (Lipinski definition) is 2. The molecule has 0 saturated carbocycles. The number of carbonyl (C=O) groups is 1. The number of hydrogen-bond acceptors (Lipinski definition) is 4. The largest absolute Gasteiger partial charge is 0.496 e. The summed E-state index contributed by atoms with van der Waals surface area (Å²) in [5.41, 5.74) is 2.19. The van der Waals surface area contributed by atoms with Gasteiger partial charge in [0.15, 0.2) is 5.96 Å². The number of fused-ring (bicyclic) bond motifs is 1. The van der Waals surface area contributed by atoms with Crippen LogP contribution >= 0.6 is 0 Å². The monoisotopic (exact) mass is 374 g/mol. The first-order chi connectivity index (χ1) is 13.0. The van der Waals surface area contributed by atoms with Crippen LogP contribution < -0.4 is 20.1 Å². The second-order valence-corrected chi connectivity index (χ2v) is 7.25. The van der Waals surface area contributed by atoms with Gasteiger partial charge in [-0.1, -0.05) is 0 Å². The zero-order valence-electron chi connectivity index (χ0n) is 16.7. The van der Waals surface area contributed by atoms with Gasteiger partial charge >= 0.3 is 0 Å². The number of amides is 1. The number of likely N-dealkylation sites (N-methyl/N-ethyl adjacent to an activating group) is 1. The maximum Gasteiger partial charge on any atom is 0.222 e. The van der Waals surface area contributed by atoms with Crippen LogP contribution in [0.15, 0.2) is 17.1 Å². The summed E-state index contributed by atoms with van der Waals surface area (Å²) in [6.45, 7) is 6.07. The average molecular weight is 374 g/mol. The predicted molar refractivity (Wildman–Crippen MR) is 105 cm³/mol. The molecule has 3 rings (SSSR count). The highest BCUT2D eigenvalue weighted by molar-refractivity contribution is 5.81. The first kappa shape index (κ1) is 19.3. The fourth-order valence-corrected chi connectivity index (χ4v) is 3.60. The number of methoxy groups -OCH3 is 1. The Hall–Kier alpha value is -2.44. The van der Waals surface area contributed by atoms with Crippen molar-refractivity contribution in [1.82, 2.24) is 15.5 Å². The summed E-state index contributed by atoms with van der Waals surface area (Å²) in [4.78, 5) is 18.2. The van der Waals surface area contributed by atoms with Crippen LogP contribution in [0.1, 0.15) is 37.8 Å². The smallest absolute Gasteiger partial charge is 0.222 e. The number of guanidine groups is 1. The van der Waals surface area contributed by atoms with Crippen molar-refractivity contribution in [2.24, 2.45) is 4.99 Å². The first-order valence-electron chi connectivity index (χ1n) is 9.65. The van der Waals surface area contributed by atoms with Gasteiger partial charge in [0.05, 0.1) is 13.7 Å². The molecule has 1 aromatic carbocycles. The fraction of sp³-hybridized carbons (Fsp3) is 0.600. The van der Waals surface area contributed by atoms with E-state index in [1.165, 1.54) is 5.56 Å². The molecule has 2 N–H and O–H groups in total. The predicted octanol–water partition coefficient (Wildman–Crippen LogP) is 1.69. The van der Waals surface area contributed by atoms with Gasteiger partial charge in [0.1, 0.15) is 17.6 Å². The molecule has 1 amide bonds. The van der Waals surface area contributed by atoms with Gasteiger partial charge in [-0.2, -0.15) is 0 Å². The van der Waals surface area contributed by atoms with Crippen LogP contribution in [0.3, 0.4) is 0 Å². The van der Waals surface area contributed by atoms with Crippen LogP contribution in [0, 0.1) is 0 Å². The Morgan fingerprint density at radius 3 is 2.96 bits per heavy atom. The Kier molecular flexibility index (Phi) is 6.08. The van der Waals surface area contributed by atoms with Crippen molar-refractivity contribution < 1.29 is 14.3 Å². The van der Waals surface area contributed by atoms with Gasteiger partial charge in [-0.3, -0.25) is 4.79 Å². The van der Waals surface area contributed by atoms with Crippen molar-refractivity contribution >= 4 is 11.9 Å². The van der Waals surface area contributed by atoms with E-state index in [1.807, 2.05) is 20.0 Å². The third-order valence-electron chi connectivity index (χ3n) is 5.02. The van der Waals surface area contributed by atoms with E-state index in [4.69, 9.17) is 14.5 Å². The lowest BCUT2D eigenvalue weighted by Crippen LogP contribution is -2.51. The summed E-state index contributed by atoms with van der Waals surface area (Å²) in [6.07, 6.45) is 2.50. The Morgan fingerprint density at radius 1 is 1.44 bits per heavy atom. The quantitative estimate of drug-likeness (QED) is 0.606. The number of nitrogens with one attached hydrogen (secondary N) is 2. The highest BCUT2D eigenvalue weighted by Gasteiger charge is 2.24. The molecule has 1 saturated heterocycles. The summed E-state index contributed by atoms with van der Waals surface area (Å²) in [6, 6.07) is 4.31. The Bertz CT molecular complexity index is 719. The van der Waals surface area contributed by atoms with E-state index in [0.29, 0.717) is 19.5 Å². The highest BCUT2D eigenvalue weighted by atomic mass is 16.5. The van der Waals surface area contributed by atoms with Crippen LogP contribution in [0.25, 0.3) is 0 Å². The lowest BCUT2D eigenvalue weighted by molar-refractivity contribution is -0.132. The number of piperidine rings is 1. The van der Waals surface area contributed by atoms with Crippen molar-refractivity contribution in [3.8, 4) is 11.5 Å². The molecule has 7 nitrogen and oxygen atoms in total. The summed E-state index contributed by atoms with van der Waals surface area (Å²) in [5.74, 6) is 2.72. The van der Waals surface area contributed by atoms with Crippen LogP contribution in [0.5, 0.6) is 11.5 Å². The SMILES string of the molecule is CCNC(=NCc1cc2c(cc1OC)CC(C)O2)NC1CCC(=O)N(C)C1. The average Bonchev–Trinajstić information content (AvgIpc) is 3.01. The van der Waals surface area contributed by atoms with E-state index in [0.717, 1.165) is 42.4 Å². The minimum atomic E-state index is 0.201. The number of aliphatic imine (C=N–C) groups is 1. The summed E-state index contributed by atoms with van der Waals surface area (Å²) >= 11 is 0. The molecule has 0 bridgehead atoms. The van der Waals surface area contributed by atoms with E-state index in [2.05, 4.69) is 23.6 Å². The van der Waals surface area contributed by atoms with Gasteiger partial charge in [0, 0.05) is 50.1 Å². The van der Waals surface area contributed by atoms with Gasteiger partial charge in [-0.25, -0.2) is 4.99 Å². The van der Waals surface area contributed by atoms with Gasteiger partial charge in [-0.15, -0.1) is 0 Å². The van der Waals surface area contributed by atoms with Gasteiger partial charge in [-0.05, 0) is 32.4 Å². The van der Waals surface area contributed by atoms with Crippen molar-refractivity contribution in [2.75, 3.05) is 27.2 Å². The zero-order valence-corrected chi connectivity index (χ0v) is 16.7. The first-order valence-corrected chi connectivity index (χ1v) is 9.65. The fourth-order valence-electron chi connectivity index (χ4n) is 3.60. The molecule has 2 aliphatic rings. The standard InChI is InChI=1S/C20H30N4O3/c1-5-21-20(23-16-6-7-19(25)24(3)12-16)22-11-15-10-18-14(8-13(2)27-18)9-17(15)26-4/h9-10,13,16H,5-8,11-12H2,1-4H3,(H2,21,22,23). The lowest BCUT2D eigenvalue weighted by Gasteiger charge is -2.31. The van der Waals surface area contributed by atoms with E-state index < -0.39 is 0 Å². The number of nitrogens with zero attached hydrogens (tertiary/aromatic N) is 2. The van der Waals surface area contributed by atoms with Crippen molar-refractivity contribution in [2.45, 2.75) is 51.8 Å². The van der Waals surface area contributed by atoms with Gasteiger partial charge in [0.2, 0.25) is 5.91 Å². The number of rotatable bonds is 5. The molecule has 0 aromatic heterocycles. The molecule has 0 aliphatic carbocycles. The van der Waals surface area contributed by atoms with E-state index in [9.17, 15) is 4.79 Å². The second-order valence-electron chi connectivity index (χ2n) is 7.25. The second kappa shape index (κ2) is 8.50. The zero-order chi connectivity index (χ0) is 19.4. The molecule has 0 spiro atoms. The normalized spacial score (nSPS) is 22.3. The Labute approximate surface area is 161 Å². The maximum atomic E-state index is 11.7. The van der Waals surface area contributed by atoms with E-state index >= 15 is 0 Å². The maximum absolute atomic E-state index is 11.7. The third kappa shape index (κ3) is 4.64. The van der Waals surface area contributed by atoms with E-state index in [1.54, 1.807) is 12.0 Å². The lowest BCUT2D eigenvalue weighted by atomic mass is 10.1. The molecule has 2 atom stereocenters. The molecule has 148 valence electrons. The molecule has 2 unspecified atom stereocenters.